The number of para-hydroxylation sites is 1. The van der Waals surface area contributed by atoms with Gasteiger partial charge in [-0.15, -0.1) is 0 Å². The van der Waals surface area contributed by atoms with Gasteiger partial charge in [0.2, 0.25) is 0 Å². The lowest BCUT2D eigenvalue weighted by molar-refractivity contribution is 0.637. The predicted octanol–water partition coefficient (Wildman–Crippen LogP) is 3.04. The molecule has 1 N–H and O–H groups in total. The Hall–Kier alpha value is -1.87. The van der Waals surface area contributed by atoms with Crippen LogP contribution >= 0.6 is 0 Å². The Balaban J connectivity index is 2.24. The van der Waals surface area contributed by atoms with Crippen LogP contribution in [-0.2, 0) is 6.54 Å². The maximum Gasteiger partial charge on any atom is 0.186 e. The summed E-state index contributed by atoms with van der Waals surface area (Å²) < 4.78 is 2.07. The summed E-state index contributed by atoms with van der Waals surface area (Å²) in [5.41, 5.74) is 2.97. The number of benzene rings is 1. The Bertz CT molecular complexity index is 602. The lowest BCUT2D eigenvalue weighted by atomic mass is 10.2. The molecule has 0 spiro atoms. The first kappa shape index (κ1) is 14.5. The van der Waals surface area contributed by atoms with E-state index in [1.807, 2.05) is 43.5 Å². The van der Waals surface area contributed by atoms with Crippen molar-refractivity contribution in [2.24, 2.45) is 0 Å². The third-order valence-electron chi connectivity index (χ3n) is 3.38. The summed E-state index contributed by atoms with van der Waals surface area (Å²) in [6, 6.07) is 11.8. The number of pyridine rings is 1. The minimum Gasteiger partial charge on any atom is -0.321 e. The summed E-state index contributed by atoms with van der Waals surface area (Å²) in [5.74, 6) is 0. The molecule has 0 fully saturated rings. The van der Waals surface area contributed by atoms with E-state index in [1.54, 1.807) is 6.07 Å². The third kappa shape index (κ3) is 3.58. The van der Waals surface area contributed by atoms with Crippen LogP contribution in [0, 0.1) is 6.92 Å². The molecule has 0 saturated heterocycles. The number of nitrogens with zero attached hydrogens (tertiary/aromatic N) is 1. The highest BCUT2D eigenvalue weighted by molar-refractivity contribution is 5.35. The number of aryl methyl sites for hydroxylation is 1. The average Bonchev–Trinajstić information content (AvgIpc) is 2.46. The van der Waals surface area contributed by atoms with Crippen molar-refractivity contribution in [1.82, 2.24) is 9.88 Å². The molecule has 0 unspecified atom stereocenters. The highest BCUT2D eigenvalue weighted by atomic mass is 16.1. The van der Waals surface area contributed by atoms with Crippen molar-refractivity contribution in [2.45, 2.75) is 33.2 Å². The van der Waals surface area contributed by atoms with Gasteiger partial charge in [-0.3, -0.25) is 4.79 Å². The van der Waals surface area contributed by atoms with Crippen molar-refractivity contribution >= 4 is 0 Å². The van der Waals surface area contributed by atoms with Crippen LogP contribution in [0.15, 0.2) is 47.4 Å². The molecule has 0 aliphatic carbocycles. The summed E-state index contributed by atoms with van der Waals surface area (Å²) in [7, 11) is 0. The zero-order chi connectivity index (χ0) is 14.4. The first-order valence-corrected chi connectivity index (χ1v) is 7.20. The van der Waals surface area contributed by atoms with E-state index in [9.17, 15) is 4.79 Å². The third-order valence-corrected chi connectivity index (χ3v) is 3.38. The molecular weight excluding hydrogens is 248 g/mol. The van der Waals surface area contributed by atoms with Crippen LogP contribution in [0.2, 0.25) is 0 Å². The van der Waals surface area contributed by atoms with Crippen LogP contribution in [0.3, 0.4) is 0 Å². The summed E-state index contributed by atoms with van der Waals surface area (Å²) in [5, 5.41) is 3.33. The molecule has 2 rings (SSSR count). The number of rotatable bonds is 6. The molecule has 20 heavy (non-hydrogen) atoms. The standard InChI is InChI=1S/C17H22N2O/c1-3-4-10-18-12-15-13-19(14(2)11-17(15)20)16-8-6-5-7-9-16/h5-9,11,13,18H,3-4,10,12H2,1-2H3. The molecular formula is C17H22N2O. The van der Waals surface area contributed by atoms with Crippen molar-refractivity contribution in [3.05, 3.63) is 64.1 Å². The van der Waals surface area contributed by atoms with Gasteiger partial charge >= 0.3 is 0 Å². The van der Waals surface area contributed by atoms with Crippen LogP contribution in [0.4, 0.5) is 0 Å². The second kappa shape index (κ2) is 7.06. The molecule has 106 valence electrons. The number of nitrogens with one attached hydrogen (secondary N) is 1. The summed E-state index contributed by atoms with van der Waals surface area (Å²) >= 11 is 0. The van der Waals surface area contributed by atoms with Crippen molar-refractivity contribution < 1.29 is 0 Å². The van der Waals surface area contributed by atoms with Crippen LogP contribution < -0.4 is 10.7 Å². The van der Waals surface area contributed by atoms with Crippen molar-refractivity contribution in [1.29, 1.82) is 0 Å². The largest absolute Gasteiger partial charge is 0.321 e. The van der Waals surface area contributed by atoms with E-state index < -0.39 is 0 Å². The minimum absolute atomic E-state index is 0.110. The fourth-order valence-electron chi connectivity index (χ4n) is 2.20. The fourth-order valence-corrected chi connectivity index (χ4v) is 2.20. The topological polar surface area (TPSA) is 34.0 Å². The minimum atomic E-state index is 0.110. The molecule has 3 heteroatoms. The van der Waals surface area contributed by atoms with E-state index >= 15 is 0 Å². The maximum atomic E-state index is 12.0. The fraction of sp³-hybridized carbons (Fsp3) is 0.353. The quantitative estimate of drug-likeness (QED) is 0.819. The van der Waals surface area contributed by atoms with E-state index in [0.717, 1.165) is 36.3 Å². The van der Waals surface area contributed by atoms with E-state index in [-0.39, 0.29) is 5.43 Å². The Morgan fingerprint density at radius 1 is 1.20 bits per heavy atom. The van der Waals surface area contributed by atoms with E-state index in [2.05, 4.69) is 16.8 Å². The highest BCUT2D eigenvalue weighted by Gasteiger charge is 2.05. The van der Waals surface area contributed by atoms with Gasteiger partial charge in [-0.2, -0.15) is 0 Å². The zero-order valence-electron chi connectivity index (χ0n) is 12.2. The van der Waals surface area contributed by atoms with Crippen LogP contribution in [0.25, 0.3) is 5.69 Å². The Labute approximate surface area is 120 Å². The van der Waals surface area contributed by atoms with Crippen molar-refractivity contribution in [3.8, 4) is 5.69 Å². The molecule has 0 aliphatic heterocycles. The van der Waals surface area contributed by atoms with Gasteiger partial charge in [0.1, 0.15) is 0 Å². The molecule has 1 aromatic heterocycles. The molecule has 0 aliphatic rings. The Morgan fingerprint density at radius 3 is 2.65 bits per heavy atom. The number of unbranched alkanes of at least 4 members (excludes halogenated alkanes) is 1. The van der Waals surface area contributed by atoms with Gasteiger partial charge in [0.05, 0.1) is 0 Å². The van der Waals surface area contributed by atoms with Crippen LogP contribution in [0.1, 0.15) is 31.0 Å². The van der Waals surface area contributed by atoms with Crippen LogP contribution in [0.5, 0.6) is 0 Å². The monoisotopic (exact) mass is 270 g/mol. The Morgan fingerprint density at radius 2 is 1.95 bits per heavy atom. The summed E-state index contributed by atoms with van der Waals surface area (Å²) in [4.78, 5) is 12.0. The van der Waals surface area contributed by atoms with Gasteiger partial charge in [0.15, 0.2) is 5.43 Å². The molecule has 1 aromatic carbocycles. The summed E-state index contributed by atoms with van der Waals surface area (Å²) in [6.45, 7) is 5.71. The zero-order valence-corrected chi connectivity index (χ0v) is 12.2. The lowest BCUT2D eigenvalue weighted by Gasteiger charge is -2.13. The van der Waals surface area contributed by atoms with Gasteiger partial charge < -0.3 is 9.88 Å². The number of hydrogen-bond donors (Lipinski definition) is 1. The van der Waals surface area contributed by atoms with E-state index in [0.29, 0.717) is 6.54 Å². The van der Waals surface area contributed by atoms with Gasteiger partial charge in [-0.1, -0.05) is 31.5 Å². The first-order valence-electron chi connectivity index (χ1n) is 7.20. The molecule has 1 heterocycles. The predicted molar refractivity (Wildman–Crippen MR) is 83.4 cm³/mol. The normalized spacial score (nSPS) is 10.7. The highest BCUT2D eigenvalue weighted by Crippen LogP contribution is 2.10. The molecule has 2 aromatic rings. The van der Waals surface area contributed by atoms with Gasteiger partial charge in [0.25, 0.3) is 0 Å². The molecule has 0 atom stereocenters. The average molecular weight is 270 g/mol. The molecule has 0 saturated carbocycles. The van der Waals surface area contributed by atoms with Gasteiger partial charge in [-0.05, 0) is 32.0 Å². The second-order valence-corrected chi connectivity index (χ2v) is 5.04. The van der Waals surface area contributed by atoms with Crippen molar-refractivity contribution in [3.63, 3.8) is 0 Å². The second-order valence-electron chi connectivity index (χ2n) is 5.04. The first-order chi connectivity index (χ1) is 9.72. The smallest absolute Gasteiger partial charge is 0.186 e. The number of hydrogen-bond acceptors (Lipinski definition) is 2. The molecule has 0 amide bonds. The molecule has 0 radical (unpaired) electrons. The van der Waals surface area contributed by atoms with Gasteiger partial charge in [-0.25, -0.2) is 0 Å². The van der Waals surface area contributed by atoms with Crippen molar-refractivity contribution in [2.75, 3.05) is 6.54 Å². The van der Waals surface area contributed by atoms with Crippen LogP contribution in [-0.4, -0.2) is 11.1 Å². The lowest BCUT2D eigenvalue weighted by Crippen LogP contribution is -2.22. The molecule has 0 bridgehead atoms. The Kier molecular flexibility index (Phi) is 5.13. The summed E-state index contributed by atoms with van der Waals surface area (Å²) in [6.07, 6.45) is 4.25. The SMILES string of the molecule is CCCCNCc1cn(-c2ccccc2)c(C)cc1=O. The maximum absolute atomic E-state index is 12.0. The van der Waals surface area contributed by atoms with E-state index in [4.69, 9.17) is 0 Å². The number of aromatic nitrogens is 1. The molecule has 3 nitrogen and oxygen atoms in total. The van der Waals surface area contributed by atoms with Gasteiger partial charge in [0, 0.05) is 35.8 Å². The van der Waals surface area contributed by atoms with E-state index in [1.165, 1.54) is 0 Å².